The average molecular weight is 313 g/mol. The summed E-state index contributed by atoms with van der Waals surface area (Å²) in [5.41, 5.74) is 2.76. The Morgan fingerprint density at radius 3 is 2.61 bits per heavy atom. The molecule has 0 bridgehead atoms. The molecule has 23 heavy (non-hydrogen) atoms. The Balaban J connectivity index is 1.72. The first-order valence-corrected chi connectivity index (χ1v) is 8.29. The third-order valence-electron chi connectivity index (χ3n) is 4.55. The molecule has 0 saturated carbocycles. The fourth-order valence-corrected chi connectivity index (χ4v) is 3.38. The predicted octanol–water partition coefficient (Wildman–Crippen LogP) is 3.71. The number of carboxylic acids is 1. The van der Waals surface area contributed by atoms with E-state index in [9.17, 15) is 9.90 Å². The molecule has 4 heteroatoms. The first-order valence-electron chi connectivity index (χ1n) is 8.29. The van der Waals surface area contributed by atoms with Gasteiger partial charge in [-0.15, -0.1) is 0 Å². The third kappa shape index (κ3) is 3.82. The van der Waals surface area contributed by atoms with Gasteiger partial charge in [0.2, 0.25) is 0 Å². The van der Waals surface area contributed by atoms with Gasteiger partial charge in [0.15, 0.2) is 0 Å². The summed E-state index contributed by atoms with van der Waals surface area (Å²) in [5, 5.41) is 9.47. The van der Waals surface area contributed by atoms with E-state index in [4.69, 9.17) is 4.74 Å². The minimum Gasteiger partial charge on any atom is -0.478 e. The summed E-state index contributed by atoms with van der Waals surface area (Å²) in [6.45, 7) is 2.30. The summed E-state index contributed by atoms with van der Waals surface area (Å²) in [7, 11) is 0. The fourth-order valence-electron chi connectivity index (χ4n) is 3.38. The van der Waals surface area contributed by atoms with Gasteiger partial charge in [0.1, 0.15) is 0 Å². The van der Waals surface area contributed by atoms with Gasteiger partial charge in [-0.3, -0.25) is 0 Å². The van der Waals surface area contributed by atoms with E-state index in [0.29, 0.717) is 11.5 Å². The molecule has 1 aliphatic rings. The van der Waals surface area contributed by atoms with Crippen molar-refractivity contribution >= 4 is 5.97 Å². The van der Waals surface area contributed by atoms with E-state index in [1.807, 2.05) is 12.3 Å². The molecule has 4 nitrogen and oxygen atoms in total. The van der Waals surface area contributed by atoms with Gasteiger partial charge in [-0.1, -0.05) is 30.3 Å². The maximum Gasteiger partial charge on any atom is 0.337 e. The Labute approximate surface area is 136 Å². The number of ether oxygens (including phenoxy) is 1. The highest BCUT2D eigenvalue weighted by molar-refractivity contribution is 5.89. The molecule has 1 saturated heterocycles. The van der Waals surface area contributed by atoms with Crippen LogP contribution in [-0.4, -0.2) is 28.9 Å². The molecule has 1 N–H and O–H groups in total. The molecule has 0 amide bonds. The molecule has 2 heterocycles. The van der Waals surface area contributed by atoms with E-state index < -0.39 is 5.97 Å². The highest BCUT2D eigenvalue weighted by atomic mass is 16.5. The molecule has 0 spiro atoms. The lowest BCUT2D eigenvalue weighted by molar-refractivity contribution is 0.0682. The second-order valence-corrected chi connectivity index (χ2v) is 6.09. The first-order chi connectivity index (χ1) is 11.3. The molecule has 122 valence electrons. The number of carboxylic acid groups (broad SMARTS) is 1. The van der Waals surface area contributed by atoms with E-state index in [1.165, 1.54) is 5.56 Å². The van der Waals surface area contributed by atoms with Crippen LogP contribution in [0.25, 0.3) is 0 Å². The lowest BCUT2D eigenvalue weighted by Crippen LogP contribution is -2.19. The zero-order valence-electron chi connectivity index (χ0n) is 13.3. The van der Waals surface area contributed by atoms with Gasteiger partial charge >= 0.3 is 5.97 Å². The first kappa shape index (κ1) is 15.8. The van der Waals surface area contributed by atoms with E-state index >= 15 is 0 Å². The second-order valence-electron chi connectivity index (χ2n) is 6.09. The Kier molecular flexibility index (Phi) is 5.13. The number of nitrogens with zero attached hydrogens (tertiary/aromatic N) is 1. The molecule has 1 fully saturated rings. The van der Waals surface area contributed by atoms with Gasteiger partial charge in [-0.25, -0.2) is 4.79 Å². The van der Waals surface area contributed by atoms with Crippen molar-refractivity contribution in [3.05, 3.63) is 59.4 Å². The van der Waals surface area contributed by atoms with Crippen molar-refractivity contribution in [2.45, 2.75) is 38.1 Å². The van der Waals surface area contributed by atoms with Crippen LogP contribution < -0.4 is 0 Å². The Bertz CT molecular complexity index is 642. The molecule has 1 aliphatic heterocycles. The van der Waals surface area contributed by atoms with E-state index in [2.05, 4.69) is 28.8 Å². The summed E-state index contributed by atoms with van der Waals surface area (Å²) in [5.74, 6) is -0.533. The molecular formula is C19H23NO3. The van der Waals surface area contributed by atoms with Crippen LogP contribution in [0, 0.1) is 0 Å². The van der Waals surface area contributed by atoms with Crippen LogP contribution in [0.5, 0.6) is 0 Å². The lowest BCUT2D eigenvalue weighted by atomic mass is 9.93. The predicted molar refractivity (Wildman–Crippen MR) is 88.9 cm³/mol. The van der Waals surface area contributed by atoms with Crippen LogP contribution in [0.2, 0.25) is 0 Å². The van der Waals surface area contributed by atoms with Gasteiger partial charge in [-0.05, 0) is 37.3 Å². The van der Waals surface area contributed by atoms with Gasteiger partial charge in [0.05, 0.1) is 5.56 Å². The maximum absolute atomic E-state index is 11.5. The summed E-state index contributed by atoms with van der Waals surface area (Å²) < 4.78 is 7.56. The number of hydrogen-bond donors (Lipinski definition) is 1. The minimum atomic E-state index is -0.826. The molecule has 0 aliphatic carbocycles. The number of benzene rings is 1. The van der Waals surface area contributed by atoms with Gasteiger partial charge in [-0.2, -0.15) is 0 Å². The maximum atomic E-state index is 11.5. The van der Waals surface area contributed by atoms with Crippen LogP contribution >= 0.6 is 0 Å². The molecule has 3 rings (SSSR count). The number of hydrogen-bond acceptors (Lipinski definition) is 2. The topological polar surface area (TPSA) is 51.5 Å². The number of carbonyl (C=O) groups is 1. The smallest absolute Gasteiger partial charge is 0.337 e. The lowest BCUT2D eigenvalue weighted by Gasteiger charge is -2.24. The molecular weight excluding hydrogens is 290 g/mol. The van der Waals surface area contributed by atoms with Crippen LogP contribution in [-0.2, 0) is 17.7 Å². The Morgan fingerprint density at radius 1 is 1.17 bits per heavy atom. The van der Waals surface area contributed by atoms with Crippen LogP contribution in [0.3, 0.4) is 0 Å². The molecule has 2 aromatic rings. The number of rotatable bonds is 6. The summed E-state index contributed by atoms with van der Waals surface area (Å²) in [6.07, 6.45) is 5.76. The van der Waals surface area contributed by atoms with Crippen molar-refractivity contribution in [3.8, 4) is 0 Å². The molecule has 0 atom stereocenters. The number of aromatic nitrogens is 1. The zero-order chi connectivity index (χ0) is 16.1. The van der Waals surface area contributed by atoms with Crippen molar-refractivity contribution in [1.29, 1.82) is 0 Å². The minimum absolute atomic E-state index is 0.293. The monoisotopic (exact) mass is 313 g/mol. The molecule has 1 aromatic heterocycles. The van der Waals surface area contributed by atoms with Crippen molar-refractivity contribution in [2.75, 3.05) is 13.2 Å². The van der Waals surface area contributed by atoms with Gasteiger partial charge < -0.3 is 14.4 Å². The normalized spacial score (nSPS) is 15.7. The third-order valence-corrected chi connectivity index (χ3v) is 4.55. The summed E-state index contributed by atoms with van der Waals surface area (Å²) in [6, 6.07) is 12.2. The molecule has 1 aromatic carbocycles. The Hall–Kier alpha value is -2.07. The van der Waals surface area contributed by atoms with Gasteiger partial charge in [0.25, 0.3) is 0 Å². The quantitative estimate of drug-likeness (QED) is 0.884. The summed E-state index contributed by atoms with van der Waals surface area (Å²) in [4.78, 5) is 11.5. The number of aromatic carboxylic acids is 1. The van der Waals surface area contributed by atoms with Crippen molar-refractivity contribution in [1.82, 2.24) is 4.57 Å². The Morgan fingerprint density at radius 2 is 1.91 bits per heavy atom. The number of aryl methyl sites for hydroxylation is 2. The highest BCUT2D eigenvalue weighted by Crippen LogP contribution is 2.30. The molecule has 0 unspecified atom stereocenters. The zero-order valence-corrected chi connectivity index (χ0v) is 13.3. The fraction of sp³-hybridized carbons (Fsp3) is 0.421. The standard InChI is InChI=1S/C19H23NO3/c21-19(22)17-8-12-20(18(17)16-9-13-23-14-10-16)11-4-7-15-5-2-1-3-6-15/h1-3,5-6,8,12,16H,4,7,9-11,13-14H2,(H,21,22). The van der Waals surface area contributed by atoms with Crippen molar-refractivity contribution in [3.63, 3.8) is 0 Å². The molecule has 0 radical (unpaired) electrons. The highest BCUT2D eigenvalue weighted by Gasteiger charge is 2.25. The summed E-state index contributed by atoms with van der Waals surface area (Å²) >= 11 is 0. The SMILES string of the molecule is O=C(O)c1ccn(CCCc2ccccc2)c1C1CCOCC1. The second kappa shape index (κ2) is 7.47. The van der Waals surface area contributed by atoms with Crippen LogP contribution in [0.1, 0.15) is 46.8 Å². The largest absolute Gasteiger partial charge is 0.478 e. The van der Waals surface area contributed by atoms with Crippen molar-refractivity contribution in [2.24, 2.45) is 0 Å². The van der Waals surface area contributed by atoms with E-state index in [-0.39, 0.29) is 0 Å². The van der Waals surface area contributed by atoms with Crippen LogP contribution in [0.15, 0.2) is 42.6 Å². The van der Waals surface area contributed by atoms with Crippen LogP contribution in [0.4, 0.5) is 0 Å². The van der Waals surface area contributed by atoms with Crippen molar-refractivity contribution < 1.29 is 14.6 Å². The van der Waals surface area contributed by atoms with E-state index in [1.54, 1.807) is 6.07 Å². The van der Waals surface area contributed by atoms with Gasteiger partial charge in [0, 0.05) is 37.6 Å². The van der Waals surface area contributed by atoms with E-state index in [0.717, 1.165) is 51.1 Å². The average Bonchev–Trinajstić information content (AvgIpc) is 3.01.